The van der Waals surface area contributed by atoms with Crippen molar-refractivity contribution in [3.05, 3.63) is 42.1 Å². The van der Waals surface area contributed by atoms with Gasteiger partial charge in [-0.2, -0.15) is 0 Å². The molecular formula is C21H28N2O4. The van der Waals surface area contributed by atoms with Gasteiger partial charge in [0.25, 0.3) is 0 Å². The number of aromatic nitrogens is 1. The van der Waals surface area contributed by atoms with E-state index in [1.54, 1.807) is 13.3 Å². The average molecular weight is 372 g/mol. The summed E-state index contributed by atoms with van der Waals surface area (Å²) >= 11 is 0. The highest BCUT2D eigenvalue weighted by Crippen LogP contribution is 2.28. The van der Waals surface area contributed by atoms with Crippen LogP contribution in [0.5, 0.6) is 11.6 Å². The minimum atomic E-state index is -1.01. The summed E-state index contributed by atoms with van der Waals surface area (Å²) in [4.78, 5) is 15.0. The van der Waals surface area contributed by atoms with Crippen molar-refractivity contribution in [3.8, 4) is 22.8 Å². The number of aryl methyl sites for hydroxylation is 1. The van der Waals surface area contributed by atoms with E-state index < -0.39 is 11.6 Å². The Labute approximate surface area is 160 Å². The van der Waals surface area contributed by atoms with Gasteiger partial charge in [0, 0.05) is 17.8 Å². The molecule has 6 heteroatoms. The largest absolute Gasteiger partial charge is 0.493 e. The maximum atomic E-state index is 10.9. The predicted octanol–water partition coefficient (Wildman–Crippen LogP) is 4.52. The zero-order chi connectivity index (χ0) is 20.0. The molecule has 27 heavy (non-hydrogen) atoms. The van der Waals surface area contributed by atoms with Crippen molar-refractivity contribution < 1.29 is 19.4 Å². The average Bonchev–Trinajstić information content (AvgIpc) is 2.59. The molecule has 0 radical (unpaired) electrons. The molecule has 1 heterocycles. The van der Waals surface area contributed by atoms with E-state index in [-0.39, 0.29) is 5.92 Å². The molecule has 0 saturated carbocycles. The quantitative estimate of drug-likeness (QED) is 0.712. The van der Waals surface area contributed by atoms with Crippen LogP contribution in [0.1, 0.15) is 32.8 Å². The van der Waals surface area contributed by atoms with Crippen molar-refractivity contribution in [1.29, 1.82) is 0 Å². The summed E-state index contributed by atoms with van der Waals surface area (Å²) in [6.07, 6.45) is 1.41. The Bertz CT molecular complexity index is 790. The van der Waals surface area contributed by atoms with Gasteiger partial charge in [-0.3, -0.25) is 0 Å². The molecule has 2 aromatic rings. The first kappa shape index (κ1) is 20.6. The number of rotatable bonds is 8. The molecule has 1 amide bonds. The third-order valence-electron chi connectivity index (χ3n) is 4.28. The first-order valence-corrected chi connectivity index (χ1v) is 8.95. The summed E-state index contributed by atoms with van der Waals surface area (Å²) < 4.78 is 11.2. The number of nitrogens with one attached hydrogen (secondary N) is 1. The van der Waals surface area contributed by atoms with Gasteiger partial charge in [-0.15, -0.1) is 0 Å². The summed E-state index contributed by atoms with van der Waals surface area (Å²) in [6, 6.07) is 9.89. The minimum Gasteiger partial charge on any atom is -0.493 e. The third-order valence-corrected chi connectivity index (χ3v) is 4.28. The van der Waals surface area contributed by atoms with Gasteiger partial charge in [0.2, 0.25) is 5.88 Å². The van der Waals surface area contributed by atoms with Crippen LogP contribution in [0, 0.1) is 12.8 Å². The molecule has 2 N–H and O–H groups in total. The molecule has 0 aliphatic carbocycles. The van der Waals surface area contributed by atoms with E-state index in [0.29, 0.717) is 18.9 Å². The Kier molecular flexibility index (Phi) is 6.66. The summed E-state index contributed by atoms with van der Waals surface area (Å²) in [5.41, 5.74) is 2.65. The molecule has 0 spiro atoms. The van der Waals surface area contributed by atoms with Crippen molar-refractivity contribution in [2.24, 2.45) is 5.92 Å². The SMILES string of the molecule is COc1cc(-c2ccc(OC[C@@H](C)CC(C)(C)NC(=O)O)c(C)c2)ccn1. The fraction of sp³-hybridized carbons (Fsp3) is 0.429. The second-order valence-corrected chi connectivity index (χ2v) is 7.50. The lowest BCUT2D eigenvalue weighted by atomic mass is 9.92. The van der Waals surface area contributed by atoms with E-state index in [2.05, 4.69) is 23.3 Å². The van der Waals surface area contributed by atoms with E-state index in [4.69, 9.17) is 14.6 Å². The lowest BCUT2D eigenvalue weighted by Crippen LogP contribution is -2.44. The second kappa shape index (κ2) is 8.75. The normalized spacial score (nSPS) is 12.3. The highest BCUT2D eigenvalue weighted by atomic mass is 16.5. The zero-order valence-corrected chi connectivity index (χ0v) is 16.6. The van der Waals surface area contributed by atoms with Gasteiger partial charge in [-0.1, -0.05) is 13.0 Å². The van der Waals surface area contributed by atoms with Gasteiger partial charge < -0.3 is 19.9 Å². The number of carboxylic acid groups (broad SMARTS) is 1. The first-order chi connectivity index (χ1) is 12.7. The Morgan fingerprint density at radius 3 is 2.59 bits per heavy atom. The van der Waals surface area contributed by atoms with Gasteiger partial charge >= 0.3 is 6.09 Å². The van der Waals surface area contributed by atoms with Crippen LogP contribution in [-0.2, 0) is 0 Å². The van der Waals surface area contributed by atoms with Crippen LogP contribution in [0.3, 0.4) is 0 Å². The van der Waals surface area contributed by atoms with Crippen LogP contribution in [-0.4, -0.2) is 35.4 Å². The van der Waals surface area contributed by atoms with Gasteiger partial charge in [-0.05, 0) is 68.0 Å². The summed E-state index contributed by atoms with van der Waals surface area (Å²) in [6.45, 7) is 8.34. The van der Waals surface area contributed by atoms with Crippen molar-refractivity contribution in [2.45, 2.75) is 39.7 Å². The topological polar surface area (TPSA) is 80.7 Å². The van der Waals surface area contributed by atoms with Gasteiger partial charge in [0.1, 0.15) is 5.75 Å². The van der Waals surface area contributed by atoms with Crippen molar-refractivity contribution >= 4 is 6.09 Å². The van der Waals surface area contributed by atoms with Gasteiger partial charge in [-0.25, -0.2) is 9.78 Å². The molecule has 146 valence electrons. The summed E-state index contributed by atoms with van der Waals surface area (Å²) in [5.74, 6) is 1.61. The van der Waals surface area contributed by atoms with Crippen LogP contribution >= 0.6 is 0 Å². The fourth-order valence-corrected chi connectivity index (χ4v) is 3.19. The van der Waals surface area contributed by atoms with E-state index in [1.807, 2.05) is 45.0 Å². The number of pyridine rings is 1. The lowest BCUT2D eigenvalue weighted by Gasteiger charge is -2.28. The number of hydrogen-bond donors (Lipinski definition) is 2. The second-order valence-electron chi connectivity index (χ2n) is 7.50. The molecule has 1 aromatic carbocycles. The minimum absolute atomic E-state index is 0.204. The van der Waals surface area contributed by atoms with E-state index in [0.717, 1.165) is 22.4 Å². The number of carbonyl (C=O) groups is 1. The Morgan fingerprint density at radius 2 is 1.96 bits per heavy atom. The molecule has 1 aromatic heterocycles. The standard InChI is InChI=1S/C21H28N2O4/c1-14(12-21(3,4)23-20(24)25)13-27-18-7-6-16(10-15(18)2)17-8-9-22-19(11-17)26-5/h6-11,14,23H,12-13H2,1-5H3,(H,24,25)/t14-/m0/s1. The Balaban J connectivity index is 2.00. The zero-order valence-electron chi connectivity index (χ0n) is 16.6. The van der Waals surface area contributed by atoms with Crippen LogP contribution < -0.4 is 14.8 Å². The van der Waals surface area contributed by atoms with Crippen LogP contribution in [0.4, 0.5) is 4.79 Å². The predicted molar refractivity (Wildman–Crippen MR) is 105 cm³/mol. The maximum absolute atomic E-state index is 10.9. The third kappa shape index (κ3) is 6.16. The summed E-state index contributed by atoms with van der Waals surface area (Å²) in [7, 11) is 1.60. The number of methoxy groups -OCH3 is 1. The molecular weight excluding hydrogens is 344 g/mol. The highest BCUT2D eigenvalue weighted by Gasteiger charge is 2.23. The monoisotopic (exact) mass is 372 g/mol. The molecule has 2 rings (SSSR count). The van der Waals surface area contributed by atoms with E-state index in [9.17, 15) is 4.79 Å². The number of amides is 1. The molecule has 6 nitrogen and oxygen atoms in total. The molecule has 0 bridgehead atoms. The number of nitrogens with zero attached hydrogens (tertiary/aromatic N) is 1. The Morgan fingerprint density at radius 1 is 1.26 bits per heavy atom. The highest BCUT2D eigenvalue weighted by molar-refractivity contribution is 5.66. The fourth-order valence-electron chi connectivity index (χ4n) is 3.19. The van der Waals surface area contributed by atoms with Crippen molar-refractivity contribution in [2.75, 3.05) is 13.7 Å². The molecule has 0 saturated heterocycles. The molecule has 1 atom stereocenters. The molecule has 0 unspecified atom stereocenters. The van der Waals surface area contributed by atoms with Crippen LogP contribution in [0.2, 0.25) is 0 Å². The number of hydrogen-bond acceptors (Lipinski definition) is 4. The number of benzene rings is 1. The molecule has 0 aliphatic heterocycles. The smallest absolute Gasteiger partial charge is 0.405 e. The first-order valence-electron chi connectivity index (χ1n) is 8.95. The van der Waals surface area contributed by atoms with Crippen LogP contribution in [0.25, 0.3) is 11.1 Å². The summed E-state index contributed by atoms with van der Waals surface area (Å²) in [5, 5.41) is 11.4. The van der Waals surface area contributed by atoms with Gasteiger partial charge in [0.15, 0.2) is 0 Å². The number of ether oxygens (including phenoxy) is 2. The Hall–Kier alpha value is -2.76. The van der Waals surface area contributed by atoms with Gasteiger partial charge in [0.05, 0.1) is 13.7 Å². The van der Waals surface area contributed by atoms with E-state index in [1.165, 1.54) is 0 Å². The van der Waals surface area contributed by atoms with E-state index >= 15 is 0 Å². The van der Waals surface area contributed by atoms with Crippen molar-refractivity contribution in [3.63, 3.8) is 0 Å². The van der Waals surface area contributed by atoms with Crippen LogP contribution in [0.15, 0.2) is 36.5 Å². The maximum Gasteiger partial charge on any atom is 0.405 e. The van der Waals surface area contributed by atoms with Crippen molar-refractivity contribution in [1.82, 2.24) is 10.3 Å². The molecule has 0 fully saturated rings. The lowest BCUT2D eigenvalue weighted by molar-refractivity contribution is 0.169. The molecule has 0 aliphatic rings.